The van der Waals surface area contributed by atoms with Gasteiger partial charge < -0.3 is 49.0 Å². The average molecular weight is 1270 g/mol. The van der Waals surface area contributed by atoms with E-state index in [0.717, 1.165) is 49.3 Å². The first-order chi connectivity index (χ1) is 45.9. The molecule has 0 atom stereocenters. The third-order valence-electron chi connectivity index (χ3n) is 15.4. The molecule has 0 spiro atoms. The Kier molecular flexibility index (Phi) is 18.7. The molecule has 3 saturated heterocycles. The minimum atomic E-state index is -0.394. The molecule has 0 saturated carbocycles. The summed E-state index contributed by atoms with van der Waals surface area (Å²) in [6, 6.07) is 27.5. The molecule has 30 heteroatoms. The Morgan fingerprint density at radius 2 is 0.840 bits per heavy atom. The predicted octanol–water partition coefficient (Wildman–Crippen LogP) is 8.40. The number of nitrogens with one attached hydrogen (secondary N) is 6. The molecule has 7 N–H and O–H groups in total. The number of aromatic amines is 3. The van der Waals surface area contributed by atoms with E-state index in [1.54, 1.807) is 103 Å². The standard InChI is InChI=1S/C23H23N7O3.2C20H19N7O2.CH2O2/c1-2-5-21(31)29-12-16(13-29)30-14-18(22(28-30)17-6-3-4-9-24-17)27-23(32)20-8-7-19(33-20)15-10-25-26-11-15;2*1-26-10-14(11-26)27-12-16(19(25-27)15-4-2-3-7-21-15)24-20(28)18-6-5-17(29-18)13-8-22-23-9-13;2-1-3/h3-4,6-11,14,16H,2,5,12-13H2,1H3,(H,25,26)(H,27,32);2*2-9,12,14H,10-11H2,1H3,(H,22,23)(H,24,28);1H,(H,2,3). The van der Waals surface area contributed by atoms with Gasteiger partial charge in [-0.3, -0.25) is 68.3 Å². The number of H-pyrrole nitrogens is 3. The zero-order chi connectivity index (χ0) is 65.1. The number of furan rings is 3. The Balaban J connectivity index is 0.000000133. The number of pyridine rings is 3. The fraction of sp³-hybridized carbons (Fsp3) is 0.219. The molecule has 15 rings (SSSR count). The summed E-state index contributed by atoms with van der Waals surface area (Å²) in [7, 11) is 4.13. The number of likely N-dealkylation sites (N-methyl/N-ethyl adjacent to an activating group) is 2. The van der Waals surface area contributed by atoms with E-state index in [1.165, 1.54) is 0 Å². The molecule has 478 valence electrons. The molecule has 94 heavy (non-hydrogen) atoms. The average Bonchev–Trinajstić information content (AvgIpc) is 1.66. The highest BCUT2D eigenvalue weighted by molar-refractivity contribution is 6.06. The largest absolute Gasteiger partial charge is 0.483 e. The zero-order valence-electron chi connectivity index (χ0n) is 51.0. The molecule has 4 amide bonds. The van der Waals surface area contributed by atoms with Crippen LogP contribution < -0.4 is 16.0 Å². The molecule has 3 aliphatic heterocycles. The molecule has 15 heterocycles. The molecular weight excluding hydrogens is 1210 g/mol. The quantitative estimate of drug-likeness (QED) is 0.0420. The van der Waals surface area contributed by atoms with E-state index >= 15 is 0 Å². The smallest absolute Gasteiger partial charge is 0.291 e. The summed E-state index contributed by atoms with van der Waals surface area (Å²) in [6.07, 6.45) is 22.0. The van der Waals surface area contributed by atoms with Crippen LogP contribution in [0, 0.1) is 0 Å². The van der Waals surface area contributed by atoms with Crippen molar-refractivity contribution in [3.63, 3.8) is 0 Å². The van der Waals surface area contributed by atoms with Crippen LogP contribution in [0.15, 0.2) is 179 Å². The van der Waals surface area contributed by atoms with Crippen LogP contribution in [0.1, 0.15) is 69.6 Å². The molecule has 0 unspecified atom stereocenters. The molecule has 3 aliphatic rings. The molecule has 12 aromatic heterocycles. The SMILES string of the molecule is CCCC(=O)N1CC(n2cc(NC(=O)c3ccc(-c4cn[nH]c4)o3)c(-c3ccccn3)n2)C1.CN1CC(n2cc(NC(=O)c3ccc(-c4cn[nH]c4)o3)c(-c3ccccn3)n2)C1.CN1CC(n2cc(NC(=O)c3ccc(-c4cn[nH]c4)o3)c(-c3ccccn3)n2)C1.O=CO. The van der Waals surface area contributed by atoms with Gasteiger partial charge in [0.25, 0.3) is 24.2 Å². The van der Waals surface area contributed by atoms with E-state index in [-0.39, 0.29) is 59.6 Å². The van der Waals surface area contributed by atoms with E-state index in [4.69, 9.17) is 38.4 Å². The number of carbonyl (C=O) groups is 5. The van der Waals surface area contributed by atoms with Crippen molar-refractivity contribution in [2.45, 2.75) is 37.9 Å². The van der Waals surface area contributed by atoms with Gasteiger partial charge >= 0.3 is 0 Å². The number of carbonyl (C=O) groups excluding carboxylic acids is 4. The third-order valence-corrected chi connectivity index (χ3v) is 15.4. The summed E-state index contributed by atoms with van der Waals surface area (Å²) in [5.41, 5.74) is 7.91. The Bertz CT molecular complexity index is 4280. The second kappa shape index (κ2) is 28.3. The lowest BCUT2D eigenvalue weighted by molar-refractivity contribution is -0.137. The third kappa shape index (κ3) is 14.2. The Labute approximate surface area is 535 Å². The van der Waals surface area contributed by atoms with Crippen LogP contribution in [0.25, 0.3) is 68.1 Å². The van der Waals surface area contributed by atoms with Crippen LogP contribution in [0.5, 0.6) is 0 Å². The number of rotatable bonds is 17. The molecule has 30 nitrogen and oxygen atoms in total. The normalized spacial score (nSPS) is 14.0. The van der Waals surface area contributed by atoms with Crippen molar-refractivity contribution in [3.05, 3.63) is 183 Å². The van der Waals surface area contributed by atoms with Crippen molar-refractivity contribution in [2.75, 3.05) is 69.3 Å². The summed E-state index contributed by atoms with van der Waals surface area (Å²) >= 11 is 0. The maximum atomic E-state index is 12.9. The van der Waals surface area contributed by atoms with Crippen LogP contribution in [0.2, 0.25) is 0 Å². The number of amides is 4. The Morgan fingerprint density at radius 3 is 1.12 bits per heavy atom. The van der Waals surface area contributed by atoms with E-state index in [0.29, 0.717) is 88.0 Å². The molecule has 0 bridgehead atoms. The topological polar surface area (TPSA) is 369 Å². The van der Waals surface area contributed by atoms with E-state index < -0.39 is 5.91 Å². The van der Waals surface area contributed by atoms with Gasteiger partial charge in [-0.25, -0.2) is 0 Å². The van der Waals surface area contributed by atoms with Gasteiger partial charge in [0.2, 0.25) is 5.91 Å². The Morgan fingerprint density at radius 1 is 0.511 bits per heavy atom. The summed E-state index contributed by atoms with van der Waals surface area (Å²) in [4.78, 5) is 78.4. The van der Waals surface area contributed by atoms with Gasteiger partial charge in [-0.1, -0.05) is 25.1 Å². The van der Waals surface area contributed by atoms with Gasteiger partial charge in [0.05, 0.1) is 87.6 Å². The van der Waals surface area contributed by atoms with E-state index in [1.807, 2.05) is 88.2 Å². The highest BCUT2D eigenvalue weighted by Gasteiger charge is 2.34. The first-order valence-corrected chi connectivity index (χ1v) is 29.8. The molecule has 0 aliphatic carbocycles. The fourth-order valence-corrected chi connectivity index (χ4v) is 10.5. The van der Waals surface area contributed by atoms with Gasteiger partial charge in [-0.05, 0) is 93.3 Å². The summed E-state index contributed by atoms with van der Waals surface area (Å²) in [6.45, 7) is 6.62. The predicted molar refractivity (Wildman–Crippen MR) is 341 cm³/mol. The van der Waals surface area contributed by atoms with Gasteiger partial charge in [0.1, 0.15) is 34.4 Å². The van der Waals surface area contributed by atoms with Crippen molar-refractivity contribution in [3.8, 4) is 68.1 Å². The Hall–Kier alpha value is -12.2. The zero-order valence-corrected chi connectivity index (χ0v) is 51.0. The molecule has 12 aromatic rings. The summed E-state index contributed by atoms with van der Waals surface area (Å²) in [5.74, 6) is 1.36. The molecule has 0 aromatic carbocycles. The van der Waals surface area contributed by atoms with Crippen molar-refractivity contribution in [1.29, 1.82) is 0 Å². The van der Waals surface area contributed by atoms with Crippen LogP contribution in [-0.2, 0) is 9.59 Å². The minimum Gasteiger partial charge on any atom is -0.483 e. The number of hydrogen-bond donors (Lipinski definition) is 7. The number of likely N-dealkylation sites (tertiary alicyclic amines) is 3. The van der Waals surface area contributed by atoms with Crippen molar-refractivity contribution in [2.24, 2.45) is 0 Å². The summed E-state index contributed by atoms with van der Waals surface area (Å²) in [5, 5.41) is 49.6. The summed E-state index contributed by atoms with van der Waals surface area (Å²) < 4.78 is 22.7. The molecular formula is C64H63N21O9. The first kappa shape index (κ1) is 62.0. The van der Waals surface area contributed by atoms with Crippen molar-refractivity contribution >= 4 is 47.2 Å². The lowest BCUT2D eigenvalue weighted by Crippen LogP contribution is -2.50. The maximum absolute atomic E-state index is 12.9. The van der Waals surface area contributed by atoms with Gasteiger partial charge in [0, 0.05) is 101 Å². The molecule has 3 fully saturated rings. The van der Waals surface area contributed by atoms with Crippen LogP contribution in [-0.4, -0.2) is 178 Å². The second-order valence-electron chi connectivity index (χ2n) is 22.1. The highest BCUT2D eigenvalue weighted by atomic mass is 16.4. The maximum Gasteiger partial charge on any atom is 0.291 e. The van der Waals surface area contributed by atoms with E-state index in [9.17, 15) is 19.2 Å². The van der Waals surface area contributed by atoms with Gasteiger partial charge in [-0.2, -0.15) is 30.6 Å². The molecule has 0 radical (unpaired) electrons. The lowest BCUT2D eigenvalue weighted by Gasteiger charge is -2.39. The van der Waals surface area contributed by atoms with Crippen molar-refractivity contribution in [1.82, 2.24) is 89.6 Å². The number of anilines is 3. The monoisotopic (exact) mass is 1270 g/mol. The lowest BCUT2D eigenvalue weighted by atomic mass is 10.1. The van der Waals surface area contributed by atoms with Crippen molar-refractivity contribution < 1.29 is 42.3 Å². The van der Waals surface area contributed by atoms with Crippen LogP contribution >= 0.6 is 0 Å². The van der Waals surface area contributed by atoms with Gasteiger partial charge in [0.15, 0.2) is 17.3 Å². The minimum absolute atomic E-state index is 0.0511. The number of nitrogens with zero attached hydrogens (tertiary/aromatic N) is 15. The fourth-order valence-electron chi connectivity index (χ4n) is 10.5. The number of hydrogen-bond acceptors (Lipinski definition) is 19. The van der Waals surface area contributed by atoms with E-state index in [2.05, 4.69) is 85.4 Å². The number of carboxylic acid groups (broad SMARTS) is 1. The number of aromatic nitrogens is 15. The van der Waals surface area contributed by atoms with Crippen LogP contribution in [0.4, 0.5) is 17.1 Å². The van der Waals surface area contributed by atoms with Gasteiger partial charge in [-0.15, -0.1) is 0 Å². The first-order valence-electron chi connectivity index (χ1n) is 29.8. The highest BCUT2D eigenvalue weighted by Crippen LogP contribution is 2.34. The second-order valence-corrected chi connectivity index (χ2v) is 22.1. The van der Waals surface area contributed by atoms with Crippen LogP contribution in [0.3, 0.4) is 0 Å².